The van der Waals surface area contributed by atoms with E-state index in [2.05, 4.69) is 28.3 Å². The van der Waals surface area contributed by atoms with Crippen LogP contribution in [0.4, 0.5) is 5.82 Å². The van der Waals surface area contributed by atoms with E-state index in [0.29, 0.717) is 47.4 Å². The quantitative estimate of drug-likeness (QED) is 0.542. The van der Waals surface area contributed by atoms with Crippen molar-refractivity contribution >= 4 is 33.3 Å². The minimum atomic E-state index is -3.53. The fourth-order valence-corrected chi connectivity index (χ4v) is 9.14. The molecule has 3 atom stereocenters. The zero-order chi connectivity index (χ0) is 25.1. The fourth-order valence-electron chi connectivity index (χ4n) is 7.53. The number of amides is 1. The molecule has 1 aromatic carbocycles. The molecule has 0 radical (unpaired) electrons. The number of aromatic nitrogens is 2. The van der Waals surface area contributed by atoms with Crippen LogP contribution in [0.3, 0.4) is 0 Å². The summed E-state index contributed by atoms with van der Waals surface area (Å²) in [6, 6.07) is 6.85. The van der Waals surface area contributed by atoms with Gasteiger partial charge < -0.3 is 5.32 Å². The van der Waals surface area contributed by atoms with Gasteiger partial charge in [0.15, 0.2) is 0 Å². The highest BCUT2D eigenvalue weighted by molar-refractivity contribution is 7.88. The third kappa shape index (κ3) is 4.59. The highest BCUT2D eigenvalue weighted by Crippen LogP contribution is 2.63. The van der Waals surface area contributed by atoms with E-state index in [9.17, 15) is 13.2 Å². The Morgan fingerprint density at radius 2 is 2.03 bits per heavy atom. The van der Waals surface area contributed by atoms with Crippen molar-refractivity contribution in [2.24, 2.45) is 16.7 Å². The van der Waals surface area contributed by atoms with E-state index in [-0.39, 0.29) is 29.0 Å². The van der Waals surface area contributed by atoms with E-state index in [1.165, 1.54) is 23.5 Å². The number of hydrogen-bond acceptors (Lipinski definition) is 5. The first kappa shape index (κ1) is 24.1. The van der Waals surface area contributed by atoms with Crippen LogP contribution in [-0.2, 0) is 33.5 Å². The molecule has 2 heterocycles. The highest BCUT2D eigenvalue weighted by Gasteiger charge is 2.52. The summed E-state index contributed by atoms with van der Waals surface area (Å²) >= 11 is 5.93. The third-order valence-electron chi connectivity index (χ3n) is 8.38. The van der Waals surface area contributed by atoms with Crippen molar-refractivity contribution in [3.63, 3.8) is 0 Å². The average Bonchev–Trinajstić information content (AvgIpc) is 2.78. The van der Waals surface area contributed by atoms with Gasteiger partial charge in [-0.3, -0.25) is 4.79 Å². The third-order valence-corrected chi connectivity index (χ3v) is 10.4. The molecule has 5 aliphatic rings. The van der Waals surface area contributed by atoms with E-state index < -0.39 is 10.0 Å². The van der Waals surface area contributed by atoms with Crippen molar-refractivity contribution in [2.75, 3.05) is 11.9 Å². The molecule has 2 aromatic rings. The molecule has 1 N–H and O–H groups in total. The molecule has 2 saturated carbocycles. The second-order valence-corrected chi connectivity index (χ2v) is 14.0. The summed E-state index contributed by atoms with van der Waals surface area (Å²) in [6.45, 7) is 2.85. The first-order chi connectivity index (χ1) is 17.1. The molecule has 36 heavy (non-hydrogen) atoms. The number of sulfonamides is 1. The van der Waals surface area contributed by atoms with Gasteiger partial charge in [0.2, 0.25) is 15.9 Å². The minimum absolute atomic E-state index is 0.000149. The molecule has 190 valence electrons. The topological polar surface area (TPSA) is 92.3 Å². The molecule has 7 rings (SSSR count). The van der Waals surface area contributed by atoms with E-state index in [1.807, 2.05) is 0 Å². The number of nitrogens with one attached hydrogen (secondary N) is 1. The summed E-state index contributed by atoms with van der Waals surface area (Å²) in [7, 11) is -3.53. The van der Waals surface area contributed by atoms with Gasteiger partial charge >= 0.3 is 0 Å². The highest BCUT2D eigenvalue weighted by atomic mass is 35.5. The maximum absolute atomic E-state index is 13.2. The number of fused-ring (bicyclic) bond motifs is 1. The van der Waals surface area contributed by atoms with Crippen molar-refractivity contribution in [3.8, 4) is 0 Å². The number of anilines is 1. The Bertz CT molecular complexity index is 1360. The molecule has 2 fully saturated rings. The van der Waals surface area contributed by atoms with E-state index in [0.717, 1.165) is 24.8 Å². The lowest BCUT2D eigenvalue weighted by Gasteiger charge is -2.57. The molecule has 9 heteroatoms. The number of rotatable bonds is 6. The van der Waals surface area contributed by atoms with Crippen molar-refractivity contribution in [3.05, 3.63) is 64.1 Å². The zero-order valence-electron chi connectivity index (χ0n) is 20.5. The molecule has 7 nitrogen and oxygen atoms in total. The van der Waals surface area contributed by atoms with Crippen LogP contribution < -0.4 is 5.32 Å². The van der Waals surface area contributed by atoms with Crippen LogP contribution >= 0.6 is 11.6 Å². The predicted molar refractivity (Wildman–Crippen MR) is 139 cm³/mol. The summed E-state index contributed by atoms with van der Waals surface area (Å²) in [5.41, 5.74) is 4.02. The van der Waals surface area contributed by atoms with Crippen molar-refractivity contribution in [1.82, 2.24) is 14.3 Å². The molecule has 0 saturated heterocycles. The largest absolute Gasteiger partial charge is 0.310 e. The number of nitrogens with zero attached hydrogens (tertiary/aromatic N) is 3. The Labute approximate surface area is 217 Å². The second-order valence-electron chi connectivity index (χ2n) is 11.6. The number of hydrogen-bond donors (Lipinski definition) is 1. The van der Waals surface area contributed by atoms with E-state index in [1.54, 1.807) is 29.8 Å². The van der Waals surface area contributed by atoms with Gasteiger partial charge in [-0.25, -0.2) is 18.4 Å². The van der Waals surface area contributed by atoms with E-state index >= 15 is 0 Å². The van der Waals surface area contributed by atoms with Crippen molar-refractivity contribution < 1.29 is 13.2 Å². The van der Waals surface area contributed by atoms with Crippen LogP contribution in [0.5, 0.6) is 0 Å². The fraction of sp³-hybridized carbons (Fsp3) is 0.519. The molecule has 4 aliphatic carbocycles. The summed E-state index contributed by atoms with van der Waals surface area (Å²) < 4.78 is 27.6. The number of carbonyl (C=O) groups excluding carboxylic acids is 1. The van der Waals surface area contributed by atoms with Crippen molar-refractivity contribution in [2.45, 2.75) is 64.2 Å². The van der Waals surface area contributed by atoms with Gasteiger partial charge in [0.1, 0.15) is 12.1 Å². The van der Waals surface area contributed by atoms with E-state index in [4.69, 9.17) is 11.6 Å². The normalized spacial score (nSPS) is 29.1. The van der Waals surface area contributed by atoms with Crippen LogP contribution in [-0.4, -0.2) is 35.1 Å². The number of carbonyl (C=O) groups is 1. The molecule has 4 bridgehead atoms. The number of halogens is 1. The standard InChI is InChI=1S/C27H31ClN4O3S/c1-26-9-19-8-20(10-26)12-27(11-19,16-26)13-24(33)31-25-22-6-7-32(14-23(22)29-17-30-25)36(34,35)15-18-2-4-21(28)5-3-18/h2-5,9,17,20H,6-8,10-16H2,1H3,(H,29,30,31,33). The van der Waals surface area contributed by atoms with Gasteiger partial charge in [-0.1, -0.05) is 42.3 Å². The Kier molecular flexibility index (Phi) is 5.77. The average molecular weight is 527 g/mol. The Morgan fingerprint density at radius 3 is 2.78 bits per heavy atom. The monoisotopic (exact) mass is 526 g/mol. The maximum atomic E-state index is 13.2. The SMILES string of the molecule is CC12C=C3CC(C1)CC(CC(=O)Nc1ncnc4c1CCN(S(=O)(=O)Cc1ccc(Cl)cc1)C4)(C3)C2. The Balaban J connectivity index is 1.14. The minimum Gasteiger partial charge on any atom is -0.310 e. The molecule has 0 spiro atoms. The van der Waals surface area contributed by atoms with Gasteiger partial charge in [0, 0.05) is 23.6 Å². The summed E-state index contributed by atoms with van der Waals surface area (Å²) in [5, 5.41) is 3.64. The molecule has 1 amide bonds. The van der Waals surface area contributed by atoms with Crippen LogP contribution in [0.1, 0.15) is 62.3 Å². The predicted octanol–water partition coefficient (Wildman–Crippen LogP) is 4.87. The lowest BCUT2D eigenvalue weighted by Crippen LogP contribution is -2.47. The Hall–Kier alpha value is -2.29. The molecule has 3 unspecified atom stereocenters. The maximum Gasteiger partial charge on any atom is 0.226 e. The van der Waals surface area contributed by atoms with Crippen LogP contribution in [0, 0.1) is 16.7 Å². The van der Waals surface area contributed by atoms with Crippen LogP contribution in [0.2, 0.25) is 5.02 Å². The van der Waals surface area contributed by atoms with Crippen molar-refractivity contribution in [1.29, 1.82) is 0 Å². The summed E-state index contributed by atoms with van der Waals surface area (Å²) in [4.78, 5) is 22.0. The van der Waals surface area contributed by atoms with Gasteiger partial charge in [-0.05, 0) is 73.0 Å². The number of allylic oxidation sites excluding steroid dienone is 2. The Morgan fingerprint density at radius 1 is 1.22 bits per heavy atom. The first-order valence-corrected chi connectivity index (χ1v) is 14.6. The van der Waals surface area contributed by atoms with Gasteiger partial charge in [-0.15, -0.1) is 0 Å². The molecular formula is C27H31ClN4O3S. The van der Waals surface area contributed by atoms with Crippen LogP contribution in [0.25, 0.3) is 0 Å². The summed E-state index contributed by atoms with van der Waals surface area (Å²) in [5.74, 6) is 1.14. The molecule has 1 aromatic heterocycles. The smallest absolute Gasteiger partial charge is 0.226 e. The van der Waals surface area contributed by atoms with Gasteiger partial charge in [0.05, 0.1) is 18.0 Å². The lowest BCUT2D eigenvalue weighted by atomic mass is 9.48. The van der Waals surface area contributed by atoms with Gasteiger partial charge in [0.25, 0.3) is 0 Å². The summed E-state index contributed by atoms with van der Waals surface area (Å²) in [6.07, 6.45) is 10.6. The lowest BCUT2D eigenvalue weighted by molar-refractivity contribution is -0.121. The second kappa shape index (κ2) is 8.64. The zero-order valence-corrected chi connectivity index (χ0v) is 22.0. The molecular weight excluding hydrogens is 496 g/mol. The number of benzene rings is 1. The van der Waals surface area contributed by atoms with Crippen LogP contribution in [0.15, 0.2) is 42.2 Å². The molecule has 1 aliphatic heterocycles. The van der Waals surface area contributed by atoms with Gasteiger partial charge in [-0.2, -0.15) is 4.31 Å². The first-order valence-electron chi connectivity index (χ1n) is 12.7.